The van der Waals surface area contributed by atoms with Crippen LogP contribution in [-0.4, -0.2) is 56.6 Å². The van der Waals surface area contributed by atoms with E-state index in [0.29, 0.717) is 29.6 Å². The van der Waals surface area contributed by atoms with E-state index >= 15 is 0 Å². The Kier molecular flexibility index (Phi) is 8.07. The number of H-pyrrole nitrogens is 1. The number of hydrogen-bond acceptors (Lipinski definition) is 6. The zero-order chi connectivity index (χ0) is 24.8. The highest BCUT2D eigenvalue weighted by Gasteiger charge is 2.18. The summed E-state index contributed by atoms with van der Waals surface area (Å²) in [5.41, 5.74) is 4.56. The van der Waals surface area contributed by atoms with Crippen LogP contribution in [0.25, 0.3) is 5.69 Å². The molecule has 2 N–H and O–H groups in total. The summed E-state index contributed by atoms with van der Waals surface area (Å²) in [5, 5.41) is 15.0. The van der Waals surface area contributed by atoms with Gasteiger partial charge in [0.2, 0.25) is 0 Å². The smallest absolute Gasteiger partial charge is 0.161 e. The summed E-state index contributed by atoms with van der Waals surface area (Å²) < 4.78 is 13.4. The molecular formula is C26H30ClN5O3. The highest BCUT2D eigenvalue weighted by Crippen LogP contribution is 2.31. The minimum absolute atomic E-state index is 0.0383. The monoisotopic (exact) mass is 495 g/mol. The van der Waals surface area contributed by atoms with Crippen LogP contribution in [0.2, 0.25) is 5.15 Å². The number of aromatic amines is 1. The van der Waals surface area contributed by atoms with E-state index in [4.69, 9.17) is 21.1 Å². The number of nitrogens with one attached hydrogen (secondary N) is 1. The fourth-order valence-corrected chi connectivity index (χ4v) is 4.27. The molecule has 0 aliphatic heterocycles. The first kappa shape index (κ1) is 24.8. The van der Waals surface area contributed by atoms with Crippen molar-refractivity contribution >= 4 is 11.6 Å². The highest BCUT2D eigenvalue weighted by molar-refractivity contribution is 6.30. The van der Waals surface area contributed by atoms with Crippen LogP contribution in [0.5, 0.6) is 11.5 Å². The molecular weight excluding hydrogens is 466 g/mol. The Labute approximate surface area is 210 Å². The van der Waals surface area contributed by atoms with Crippen molar-refractivity contribution < 1.29 is 14.6 Å². The summed E-state index contributed by atoms with van der Waals surface area (Å²) in [4.78, 5) is 9.25. The van der Waals surface area contributed by atoms with Crippen LogP contribution < -0.4 is 9.47 Å². The van der Waals surface area contributed by atoms with Crippen LogP contribution in [0.1, 0.15) is 22.5 Å². The number of aliphatic hydroxyl groups is 1. The second-order valence-electron chi connectivity index (χ2n) is 8.41. The number of aromatic nitrogens is 4. The van der Waals surface area contributed by atoms with Gasteiger partial charge >= 0.3 is 0 Å². The number of imidazole rings is 1. The average molecular weight is 496 g/mol. The van der Waals surface area contributed by atoms with Gasteiger partial charge in [0.05, 0.1) is 31.4 Å². The third kappa shape index (κ3) is 5.85. The normalized spacial score (nSPS) is 12.2. The summed E-state index contributed by atoms with van der Waals surface area (Å²) in [7, 11) is 3.61. The Morgan fingerprint density at radius 3 is 2.66 bits per heavy atom. The summed E-state index contributed by atoms with van der Waals surface area (Å²) in [5.74, 6) is 1.26. The summed E-state index contributed by atoms with van der Waals surface area (Å²) in [6.45, 7) is 2.88. The molecule has 0 saturated carbocycles. The zero-order valence-electron chi connectivity index (χ0n) is 20.1. The molecule has 0 radical (unpaired) electrons. The van der Waals surface area contributed by atoms with Gasteiger partial charge in [-0.3, -0.25) is 4.90 Å². The van der Waals surface area contributed by atoms with Crippen molar-refractivity contribution in [3.8, 4) is 17.2 Å². The van der Waals surface area contributed by atoms with Crippen LogP contribution in [0.15, 0.2) is 61.1 Å². The van der Waals surface area contributed by atoms with Crippen molar-refractivity contribution in [2.45, 2.75) is 32.5 Å². The lowest BCUT2D eigenvalue weighted by Gasteiger charge is -2.26. The lowest BCUT2D eigenvalue weighted by atomic mass is 10.1. The molecule has 0 fully saturated rings. The molecule has 2 heterocycles. The summed E-state index contributed by atoms with van der Waals surface area (Å²) in [6, 6.07) is 15.6. The standard InChI is InChI=1S/C26H30ClN5O3/c1-18-23(26(27)32(30-18)21-7-5-4-6-8-21)16-35-24-10-9-19(11-25(24)34-3)14-31(2)22(15-33)12-20-13-28-17-29-20/h4-11,13,17,22,33H,12,14-16H2,1-3H3,(H,28,29)/t22-/m0/s1. The molecule has 2 aromatic heterocycles. The van der Waals surface area contributed by atoms with Gasteiger partial charge in [0.1, 0.15) is 11.8 Å². The van der Waals surface area contributed by atoms with Gasteiger partial charge in [-0.15, -0.1) is 0 Å². The number of benzene rings is 2. The Bertz CT molecular complexity index is 1230. The van der Waals surface area contributed by atoms with Gasteiger partial charge in [-0.2, -0.15) is 5.10 Å². The second-order valence-corrected chi connectivity index (χ2v) is 8.77. The SMILES string of the molecule is COc1cc(CN(C)[C@H](CO)Cc2cnc[nH]2)ccc1OCc1c(C)nn(-c2ccccc2)c1Cl. The first-order valence-corrected chi connectivity index (χ1v) is 11.8. The van der Waals surface area contributed by atoms with Crippen molar-refractivity contribution in [2.75, 3.05) is 20.8 Å². The van der Waals surface area contributed by atoms with Crippen molar-refractivity contribution in [1.82, 2.24) is 24.6 Å². The first-order chi connectivity index (χ1) is 17.0. The van der Waals surface area contributed by atoms with Crippen LogP contribution in [0.3, 0.4) is 0 Å². The molecule has 9 heteroatoms. The fraction of sp³-hybridized carbons (Fsp3) is 0.308. The molecule has 0 saturated heterocycles. The van der Waals surface area contributed by atoms with E-state index in [1.54, 1.807) is 24.3 Å². The van der Waals surface area contributed by atoms with Crippen LogP contribution >= 0.6 is 11.6 Å². The zero-order valence-corrected chi connectivity index (χ0v) is 20.9. The molecule has 0 aliphatic rings. The Hall–Kier alpha value is -3.33. The molecule has 0 bridgehead atoms. The molecule has 35 heavy (non-hydrogen) atoms. The van der Waals surface area contributed by atoms with Crippen molar-refractivity contribution in [1.29, 1.82) is 0 Å². The van der Waals surface area contributed by atoms with Gasteiger partial charge in [0.15, 0.2) is 11.5 Å². The molecule has 184 valence electrons. The predicted octanol–water partition coefficient (Wildman–Crippen LogP) is 4.18. The number of aryl methyl sites for hydroxylation is 1. The van der Waals surface area contributed by atoms with E-state index in [1.807, 2.05) is 62.5 Å². The van der Waals surface area contributed by atoms with E-state index in [9.17, 15) is 5.11 Å². The Morgan fingerprint density at radius 1 is 1.17 bits per heavy atom. The van der Waals surface area contributed by atoms with Gasteiger partial charge in [-0.25, -0.2) is 9.67 Å². The molecule has 1 atom stereocenters. The number of methoxy groups -OCH3 is 1. The second kappa shape index (κ2) is 11.4. The minimum Gasteiger partial charge on any atom is -0.493 e. The highest BCUT2D eigenvalue weighted by atomic mass is 35.5. The molecule has 2 aromatic carbocycles. The number of rotatable bonds is 11. The van der Waals surface area contributed by atoms with E-state index < -0.39 is 0 Å². The molecule has 4 aromatic rings. The van der Waals surface area contributed by atoms with E-state index in [1.165, 1.54) is 0 Å². The lowest BCUT2D eigenvalue weighted by molar-refractivity contribution is 0.140. The van der Waals surface area contributed by atoms with Crippen LogP contribution in [-0.2, 0) is 19.6 Å². The third-order valence-electron chi connectivity index (χ3n) is 6.00. The topological polar surface area (TPSA) is 88.4 Å². The summed E-state index contributed by atoms with van der Waals surface area (Å²) in [6.07, 6.45) is 4.11. The van der Waals surface area contributed by atoms with Gasteiger partial charge < -0.3 is 19.6 Å². The van der Waals surface area contributed by atoms with Gasteiger partial charge in [0, 0.05) is 36.5 Å². The van der Waals surface area contributed by atoms with Crippen molar-refractivity contribution in [2.24, 2.45) is 0 Å². The number of hydrogen-bond donors (Lipinski definition) is 2. The van der Waals surface area contributed by atoms with E-state index in [-0.39, 0.29) is 19.3 Å². The van der Waals surface area contributed by atoms with Gasteiger partial charge in [-0.05, 0) is 43.8 Å². The lowest BCUT2D eigenvalue weighted by Crippen LogP contribution is -2.36. The molecule has 0 spiro atoms. The molecule has 4 rings (SSSR count). The van der Waals surface area contributed by atoms with Gasteiger partial charge in [-0.1, -0.05) is 35.9 Å². The number of halogens is 1. The van der Waals surface area contributed by atoms with Crippen LogP contribution in [0, 0.1) is 6.92 Å². The largest absolute Gasteiger partial charge is 0.493 e. The van der Waals surface area contributed by atoms with E-state index in [0.717, 1.165) is 28.2 Å². The number of aliphatic hydroxyl groups excluding tert-OH is 1. The molecule has 0 unspecified atom stereocenters. The molecule has 8 nitrogen and oxygen atoms in total. The third-order valence-corrected chi connectivity index (χ3v) is 6.39. The Balaban J connectivity index is 1.44. The van der Waals surface area contributed by atoms with Crippen LogP contribution in [0.4, 0.5) is 0 Å². The minimum atomic E-state index is -0.0383. The van der Waals surface area contributed by atoms with Gasteiger partial charge in [0.25, 0.3) is 0 Å². The maximum absolute atomic E-state index is 9.88. The fourth-order valence-electron chi connectivity index (χ4n) is 3.94. The summed E-state index contributed by atoms with van der Waals surface area (Å²) >= 11 is 6.64. The molecule has 0 aliphatic carbocycles. The first-order valence-electron chi connectivity index (χ1n) is 11.4. The number of nitrogens with zero attached hydrogens (tertiary/aromatic N) is 4. The van der Waals surface area contributed by atoms with Crippen molar-refractivity contribution in [3.63, 3.8) is 0 Å². The predicted molar refractivity (Wildman–Crippen MR) is 135 cm³/mol. The maximum atomic E-state index is 9.88. The number of likely N-dealkylation sites (N-methyl/N-ethyl adjacent to an activating group) is 1. The Morgan fingerprint density at radius 2 is 1.97 bits per heavy atom. The number of para-hydroxylation sites is 1. The average Bonchev–Trinajstić information content (AvgIpc) is 3.49. The molecule has 0 amide bonds. The quantitative estimate of drug-likeness (QED) is 0.324. The number of ether oxygens (including phenoxy) is 2. The maximum Gasteiger partial charge on any atom is 0.161 e. The van der Waals surface area contributed by atoms with E-state index in [2.05, 4.69) is 20.0 Å². The van der Waals surface area contributed by atoms with Crippen molar-refractivity contribution in [3.05, 3.63) is 88.7 Å².